The molecule has 1 unspecified atom stereocenters. The van der Waals surface area contributed by atoms with Crippen molar-refractivity contribution in [3.05, 3.63) is 69.8 Å². The molecule has 0 aliphatic carbocycles. The second-order valence-corrected chi connectivity index (χ2v) is 9.51. The molecule has 0 saturated carbocycles. The van der Waals surface area contributed by atoms with Crippen LogP contribution in [0.1, 0.15) is 28.6 Å². The van der Waals surface area contributed by atoms with Gasteiger partial charge in [0.2, 0.25) is 5.91 Å². The van der Waals surface area contributed by atoms with Gasteiger partial charge < -0.3 is 14.5 Å². The van der Waals surface area contributed by atoms with Crippen LogP contribution >= 0.6 is 11.3 Å². The molecule has 0 bridgehead atoms. The number of aryl methyl sites for hydroxylation is 2. The number of hydrogen-bond acceptors (Lipinski definition) is 7. The molecule has 3 aromatic rings. The smallest absolute Gasteiger partial charge is 0.236 e. The number of carbonyl (C=O) groups excluding carboxylic acids is 1. The van der Waals surface area contributed by atoms with Crippen molar-refractivity contribution in [2.45, 2.75) is 26.5 Å². The average Bonchev–Trinajstić information content (AvgIpc) is 3.30. The number of anilines is 1. The zero-order valence-electron chi connectivity index (χ0n) is 19.1. The van der Waals surface area contributed by atoms with Crippen molar-refractivity contribution in [1.29, 1.82) is 0 Å². The highest BCUT2D eigenvalue weighted by Gasteiger charge is 2.29. The largest absolute Gasteiger partial charge is 0.484 e. The van der Waals surface area contributed by atoms with Crippen LogP contribution in [0.5, 0.6) is 5.75 Å². The first-order chi connectivity index (χ1) is 16.1. The number of rotatable bonds is 4. The first-order valence-electron chi connectivity index (χ1n) is 11.4. The fourth-order valence-corrected chi connectivity index (χ4v) is 5.22. The predicted octanol–water partition coefficient (Wildman–Crippen LogP) is 3.44. The number of aromatic nitrogens is 2. The van der Waals surface area contributed by atoms with Gasteiger partial charge in [0.15, 0.2) is 0 Å². The van der Waals surface area contributed by atoms with Crippen molar-refractivity contribution in [2.75, 3.05) is 44.2 Å². The lowest BCUT2D eigenvalue weighted by molar-refractivity contribution is -0.133. The molecular weight excluding hydrogens is 434 g/mol. The normalized spacial score (nSPS) is 19.0. The van der Waals surface area contributed by atoms with Gasteiger partial charge in [-0.25, -0.2) is 4.98 Å². The van der Waals surface area contributed by atoms with Crippen molar-refractivity contribution >= 4 is 23.1 Å². The number of amides is 1. The molecule has 33 heavy (non-hydrogen) atoms. The van der Waals surface area contributed by atoms with Gasteiger partial charge in [0.25, 0.3) is 0 Å². The number of benzene rings is 1. The number of carbonyl (C=O) groups is 1. The molecule has 2 aliphatic heterocycles. The van der Waals surface area contributed by atoms with Crippen molar-refractivity contribution in [3.8, 4) is 5.75 Å². The molecule has 5 rings (SSSR count). The Bertz CT molecular complexity index is 1110. The Labute approximate surface area is 198 Å². The SMILES string of the molecule is Cc1cnc(C)c(N2CCN(C(=O)CN3Cc4ccccc4OC(c4ccsc4)C3)CC2)n1. The van der Waals surface area contributed by atoms with Gasteiger partial charge in [0, 0.05) is 56.6 Å². The standard InChI is InChI=1S/C25H29N5O2S/c1-18-13-26-19(2)25(27-18)30-10-8-29(9-11-30)24(31)16-28-14-20-5-3-4-6-22(20)32-23(15-28)21-7-12-33-17-21/h3-7,12-13,17,23H,8-11,14-16H2,1-2H3. The van der Waals surface area contributed by atoms with Gasteiger partial charge >= 0.3 is 0 Å². The third-order valence-corrected chi connectivity index (χ3v) is 7.02. The Morgan fingerprint density at radius 2 is 1.97 bits per heavy atom. The van der Waals surface area contributed by atoms with E-state index >= 15 is 0 Å². The minimum Gasteiger partial charge on any atom is -0.484 e. The topological polar surface area (TPSA) is 61.8 Å². The summed E-state index contributed by atoms with van der Waals surface area (Å²) in [5, 5.41) is 4.21. The fraction of sp³-hybridized carbons (Fsp3) is 0.400. The summed E-state index contributed by atoms with van der Waals surface area (Å²) in [6.07, 6.45) is 1.72. The molecule has 1 atom stereocenters. The average molecular weight is 464 g/mol. The minimum atomic E-state index is -0.0765. The number of para-hydroxylation sites is 1. The van der Waals surface area contributed by atoms with Crippen molar-refractivity contribution in [2.24, 2.45) is 0 Å². The van der Waals surface area contributed by atoms with Crippen LogP contribution in [0.2, 0.25) is 0 Å². The monoisotopic (exact) mass is 463 g/mol. The summed E-state index contributed by atoms with van der Waals surface area (Å²) >= 11 is 1.67. The molecular formula is C25H29N5O2S. The van der Waals surface area contributed by atoms with E-state index in [-0.39, 0.29) is 12.0 Å². The summed E-state index contributed by atoms with van der Waals surface area (Å²) in [4.78, 5) is 28.8. The molecule has 8 heteroatoms. The second kappa shape index (κ2) is 9.49. The van der Waals surface area contributed by atoms with Gasteiger partial charge in [-0.1, -0.05) is 18.2 Å². The number of fused-ring (bicyclic) bond motifs is 1. The molecule has 1 fully saturated rings. The first-order valence-corrected chi connectivity index (χ1v) is 12.3. The maximum atomic E-state index is 13.2. The fourth-order valence-electron chi connectivity index (χ4n) is 4.52. The summed E-state index contributed by atoms with van der Waals surface area (Å²) in [7, 11) is 0. The summed E-state index contributed by atoms with van der Waals surface area (Å²) < 4.78 is 6.36. The molecule has 0 radical (unpaired) electrons. The zero-order valence-corrected chi connectivity index (χ0v) is 19.9. The Balaban J connectivity index is 1.25. The molecule has 7 nitrogen and oxygen atoms in total. The molecule has 0 N–H and O–H groups in total. The molecule has 2 aromatic heterocycles. The quantitative estimate of drug-likeness (QED) is 0.591. The summed E-state index contributed by atoms with van der Waals surface area (Å²) in [5.74, 6) is 2.01. The van der Waals surface area contributed by atoms with Crippen molar-refractivity contribution in [3.63, 3.8) is 0 Å². The first kappa shape index (κ1) is 21.9. The van der Waals surface area contributed by atoms with Gasteiger partial charge in [0.05, 0.1) is 17.9 Å². The van der Waals surface area contributed by atoms with E-state index < -0.39 is 0 Å². The number of nitrogens with zero attached hydrogens (tertiary/aromatic N) is 5. The zero-order chi connectivity index (χ0) is 22.8. The Hall–Kier alpha value is -2.97. The van der Waals surface area contributed by atoms with Crippen LogP contribution in [0.3, 0.4) is 0 Å². The van der Waals surface area contributed by atoms with Crippen LogP contribution in [0.4, 0.5) is 5.82 Å². The predicted molar refractivity (Wildman–Crippen MR) is 130 cm³/mol. The molecule has 1 aromatic carbocycles. The van der Waals surface area contributed by atoms with Crippen LogP contribution in [-0.2, 0) is 11.3 Å². The van der Waals surface area contributed by atoms with E-state index in [0.29, 0.717) is 32.7 Å². The number of piperazine rings is 1. The maximum absolute atomic E-state index is 13.2. The van der Waals surface area contributed by atoms with E-state index in [0.717, 1.165) is 47.2 Å². The summed E-state index contributed by atoms with van der Waals surface area (Å²) in [6, 6.07) is 10.3. The van der Waals surface area contributed by atoms with E-state index in [1.54, 1.807) is 17.5 Å². The molecule has 0 spiro atoms. The van der Waals surface area contributed by atoms with E-state index in [2.05, 4.69) is 42.7 Å². The number of hydrogen-bond donors (Lipinski definition) is 0. The van der Waals surface area contributed by atoms with E-state index in [1.165, 1.54) is 0 Å². The lowest BCUT2D eigenvalue weighted by Gasteiger charge is -2.36. The molecule has 172 valence electrons. The molecule has 1 amide bonds. The van der Waals surface area contributed by atoms with Crippen molar-refractivity contribution < 1.29 is 9.53 Å². The second-order valence-electron chi connectivity index (χ2n) is 8.73. The highest BCUT2D eigenvalue weighted by molar-refractivity contribution is 7.07. The van der Waals surface area contributed by atoms with Crippen LogP contribution in [-0.4, -0.2) is 64.9 Å². The van der Waals surface area contributed by atoms with Crippen LogP contribution in [0.15, 0.2) is 47.3 Å². The van der Waals surface area contributed by atoms with Crippen LogP contribution in [0.25, 0.3) is 0 Å². The van der Waals surface area contributed by atoms with Crippen LogP contribution in [0, 0.1) is 13.8 Å². The van der Waals surface area contributed by atoms with Crippen LogP contribution < -0.4 is 9.64 Å². The summed E-state index contributed by atoms with van der Waals surface area (Å²) in [5.41, 5.74) is 4.14. The Morgan fingerprint density at radius 3 is 2.76 bits per heavy atom. The van der Waals surface area contributed by atoms with Gasteiger partial charge in [0.1, 0.15) is 17.7 Å². The number of ether oxygens (including phenoxy) is 1. The third-order valence-electron chi connectivity index (χ3n) is 6.32. The lowest BCUT2D eigenvalue weighted by atomic mass is 10.2. The molecule has 1 saturated heterocycles. The minimum absolute atomic E-state index is 0.0765. The maximum Gasteiger partial charge on any atom is 0.236 e. The highest BCUT2D eigenvalue weighted by atomic mass is 32.1. The molecule has 2 aliphatic rings. The third kappa shape index (κ3) is 4.86. The number of thiophene rings is 1. The van der Waals surface area contributed by atoms with E-state index in [9.17, 15) is 4.79 Å². The van der Waals surface area contributed by atoms with Gasteiger partial charge in [-0.2, -0.15) is 11.3 Å². The summed E-state index contributed by atoms with van der Waals surface area (Å²) in [6.45, 7) is 8.68. The van der Waals surface area contributed by atoms with Gasteiger partial charge in [-0.15, -0.1) is 0 Å². The molecule has 4 heterocycles. The Kier molecular flexibility index (Phi) is 6.28. The lowest BCUT2D eigenvalue weighted by Crippen LogP contribution is -2.51. The Morgan fingerprint density at radius 1 is 1.15 bits per heavy atom. The van der Waals surface area contributed by atoms with Gasteiger partial charge in [-0.05, 0) is 36.7 Å². The van der Waals surface area contributed by atoms with E-state index in [1.807, 2.05) is 36.9 Å². The highest BCUT2D eigenvalue weighted by Crippen LogP contribution is 2.32. The van der Waals surface area contributed by atoms with Crippen molar-refractivity contribution in [1.82, 2.24) is 19.8 Å². The van der Waals surface area contributed by atoms with Gasteiger partial charge in [-0.3, -0.25) is 14.7 Å². The van der Waals surface area contributed by atoms with E-state index in [4.69, 9.17) is 4.74 Å².